The van der Waals surface area contributed by atoms with Gasteiger partial charge < -0.3 is 10.6 Å². The van der Waals surface area contributed by atoms with Gasteiger partial charge in [-0.15, -0.1) is 0 Å². The van der Waals surface area contributed by atoms with Crippen LogP contribution in [0, 0.1) is 6.92 Å². The molecule has 0 saturated carbocycles. The minimum absolute atomic E-state index is 0.273. The van der Waals surface area contributed by atoms with Crippen molar-refractivity contribution in [2.75, 3.05) is 11.4 Å². The number of amides is 1. The Hall–Kier alpha value is -2.81. The molecule has 3 aromatic carbocycles. The van der Waals surface area contributed by atoms with Gasteiger partial charge in [0.15, 0.2) is 0 Å². The summed E-state index contributed by atoms with van der Waals surface area (Å²) in [7, 11) is 0. The molecule has 24 heavy (non-hydrogen) atoms. The van der Waals surface area contributed by atoms with Crippen molar-refractivity contribution in [1.29, 1.82) is 0 Å². The molecule has 0 unspecified atom stereocenters. The Labute approximate surface area is 142 Å². The van der Waals surface area contributed by atoms with Gasteiger partial charge in [-0.1, -0.05) is 54.6 Å². The molecule has 0 radical (unpaired) electrons. The molecule has 0 aliphatic heterocycles. The van der Waals surface area contributed by atoms with Crippen LogP contribution in [-0.2, 0) is 11.3 Å². The average Bonchev–Trinajstić information content (AvgIpc) is 2.58. The fourth-order valence-corrected chi connectivity index (χ4v) is 3.01. The molecule has 3 heteroatoms. The Balaban J connectivity index is 1.94. The minimum Gasteiger partial charge on any atom is -0.370 e. The molecule has 0 aromatic heterocycles. The Morgan fingerprint density at radius 3 is 2.54 bits per heavy atom. The Bertz CT molecular complexity index is 852. The first-order valence-electron chi connectivity index (χ1n) is 8.20. The second-order valence-corrected chi connectivity index (χ2v) is 6.12. The van der Waals surface area contributed by atoms with Gasteiger partial charge in [-0.05, 0) is 41.0 Å². The number of fused-ring (bicyclic) bond motifs is 1. The third-order valence-electron chi connectivity index (χ3n) is 4.24. The monoisotopic (exact) mass is 318 g/mol. The van der Waals surface area contributed by atoms with Crippen LogP contribution in [0.4, 0.5) is 5.69 Å². The molecule has 0 bridgehead atoms. The van der Waals surface area contributed by atoms with Crippen LogP contribution in [0.1, 0.15) is 17.5 Å². The molecule has 0 aliphatic rings. The smallest absolute Gasteiger partial charge is 0.219 e. The van der Waals surface area contributed by atoms with Gasteiger partial charge in [0, 0.05) is 25.2 Å². The van der Waals surface area contributed by atoms with Crippen LogP contribution in [0.5, 0.6) is 0 Å². The molecular weight excluding hydrogens is 296 g/mol. The highest BCUT2D eigenvalue weighted by Crippen LogP contribution is 2.24. The number of carbonyl (C=O) groups excluding carboxylic acids is 1. The van der Waals surface area contributed by atoms with Crippen LogP contribution in [0.2, 0.25) is 0 Å². The van der Waals surface area contributed by atoms with E-state index in [9.17, 15) is 4.79 Å². The second kappa shape index (κ2) is 7.18. The summed E-state index contributed by atoms with van der Waals surface area (Å²) in [5.74, 6) is -0.273. The number of benzene rings is 3. The van der Waals surface area contributed by atoms with Gasteiger partial charge >= 0.3 is 0 Å². The van der Waals surface area contributed by atoms with Gasteiger partial charge in [-0.25, -0.2) is 0 Å². The number of nitrogens with two attached hydrogens (primary N) is 1. The van der Waals surface area contributed by atoms with Gasteiger partial charge in [-0.3, -0.25) is 4.79 Å². The van der Waals surface area contributed by atoms with Crippen LogP contribution >= 0.6 is 0 Å². The summed E-state index contributed by atoms with van der Waals surface area (Å²) in [6.07, 6.45) is 0.346. The molecule has 0 atom stereocenters. The second-order valence-electron chi connectivity index (χ2n) is 6.12. The number of hydrogen-bond acceptors (Lipinski definition) is 2. The van der Waals surface area contributed by atoms with Crippen molar-refractivity contribution < 1.29 is 4.79 Å². The van der Waals surface area contributed by atoms with Crippen molar-refractivity contribution in [3.05, 3.63) is 77.9 Å². The summed E-state index contributed by atoms with van der Waals surface area (Å²) in [5, 5.41) is 2.48. The SMILES string of the molecule is Cc1cccc(N(CCC(N)=O)Cc2cccc3ccccc23)c1. The van der Waals surface area contributed by atoms with E-state index in [1.165, 1.54) is 21.9 Å². The highest BCUT2D eigenvalue weighted by molar-refractivity contribution is 5.86. The van der Waals surface area contributed by atoms with E-state index in [2.05, 4.69) is 72.5 Å². The quantitative estimate of drug-likeness (QED) is 0.746. The predicted octanol–water partition coefficient (Wildman–Crippen LogP) is 4.03. The van der Waals surface area contributed by atoms with Crippen molar-refractivity contribution in [3.63, 3.8) is 0 Å². The van der Waals surface area contributed by atoms with Gasteiger partial charge in [0.05, 0.1) is 0 Å². The number of rotatable bonds is 6. The molecule has 0 heterocycles. The van der Waals surface area contributed by atoms with Crippen LogP contribution in [0.15, 0.2) is 66.7 Å². The predicted molar refractivity (Wildman–Crippen MR) is 100.0 cm³/mol. The number of carbonyl (C=O) groups is 1. The van der Waals surface area contributed by atoms with E-state index in [1.54, 1.807) is 0 Å². The summed E-state index contributed by atoms with van der Waals surface area (Å²) >= 11 is 0. The Morgan fingerprint density at radius 1 is 1.00 bits per heavy atom. The van der Waals surface area contributed by atoms with Gasteiger partial charge in [-0.2, -0.15) is 0 Å². The molecule has 0 saturated heterocycles. The first-order chi connectivity index (χ1) is 11.6. The summed E-state index contributed by atoms with van der Waals surface area (Å²) in [5.41, 5.74) is 8.93. The summed E-state index contributed by atoms with van der Waals surface area (Å²) in [6, 6.07) is 23.1. The lowest BCUT2D eigenvalue weighted by atomic mass is 10.0. The lowest BCUT2D eigenvalue weighted by molar-refractivity contribution is -0.117. The molecule has 3 rings (SSSR count). The van der Waals surface area contributed by atoms with E-state index in [1.807, 2.05) is 6.07 Å². The molecule has 3 aromatic rings. The van der Waals surface area contributed by atoms with Gasteiger partial charge in [0.2, 0.25) is 5.91 Å². The number of anilines is 1. The van der Waals surface area contributed by atoms with E-state index in [4.69, 9.17) is 5.73 Å². The van der Waals surface area contributed by atoms with Gasteiger partial charge in [0.25, 0.3) is 0 Å². The summed E-state index contributed by atoms with van der Waals surface area (Å²) in [6.45, 7) is 3.44. The van der Waals surface area contributed by atoms with E-state index < -0.39 is 0 Å². The number of nitrogens with zero attached hydrogens (tertiary/aromatic N) is 1. The van der Waals surface area contributed by atoms with Gasteiger partial charge in [0.1, 0.15) is 0 Å². The average molecular weight is 318 g/mol. The lowest BCUT2D eigenvalue weighted by Crippen LogP contribution is -2.27. The van der Waals surface area contributed by atoms with Crippen molar-refractivity contribution in [2.45, 2.75) is 19.9 Å². The fraction of sp³-hybridized carbons (Fsp3) is 0.190. The third kappa shape index (κ3) is 3.74. The van der Waals surface area contributed by atoms with E-state index in [0.717, 1.165) is 12.2 Å². The first-order valence-corrected chi connectivity index (χ1v) is 8.20. The summed E-state index contributed by atoms with van der Waals surface area (Å²) in [4.78, 5) is 13.5. The van der Waals surface area contributed by atoms with Crippen LogP contribution < -0.4 is 10.6 Å². The van der Waals surface area contributed by atoms with Crippen molar-refractivity contribution in [2.24, 2.45) is 5.73 Å². The maximum absolute atomic E-state index is 11.3. The van der Waals surface area contributed by atoms with E-state index >= 15 is 0 Å². The normalized spacial score (nSPS) is 10.7. The molecule has 122 valence electrons. The zero-order valence-electron chi connectivity index (χ0n) is 13.9. The Morgan fingerprint density at radius 2 is 1.75 bits per heavy atom. The summed E-state index contributed by atoms with van der Waals surface area (Å²) < 4.78 is 0. The minimum atomic E-state index is -0.273. The van der Waals surface area contributed by atoms with Crippen molar-refractivity contribution in [3.8, 4) is 0 Å². The fourth-order valence-electron chi connectivity index (χ4n) is 3.01. The zero-order chi connectivity index (χ0) is 16.9. The van der Waals surface area contributed by atoms with E-state index in [0.29, 0.717) is 13.0 Å². The van der Waals surface area contributed by atoms with Crippen LogP contribution in [0.3, 0.4) is 0 Å². The standard InChI is InChI=1S/C21H22N2O/c1-16-6-4-10-19(14-16)23(13-12-21(22)24)15-18-9-5-8-17-7-2-3-11-20(17)18/h2-11,14H,12-13,15H2,1H3,(H2,22,24). The number of hydrogen-bond donors (Lipinski definition) is 1. The largest absolute Gasteiger partial charge is 0.370 e. The highest BCUT2D eigenvalue weighted by Gasteiger charge is 2.11. The van der Waals surface area contributed by atoms with Crippen LogP contribution in [-0.4, -0.2) is 12.5 Å². The Kier molecular flexibility index (Phi) is 4.80. The zero-order valence-corrected chi connectivity index (χ0v) is 13.9. The molecular formula is C21H22N2O. The lowest BCUT2D eigenvalue weighted by Gasteiger charge is -2.25. The maximum atomic E-state index is 11.3. The molecule has 3 nitrogen and oxygen atoms in total. The first kappa shape index (κ1) is 16.1. The molecule has 0 aliphatic carbocycles. The number of primary amides is 1. The molecule has 0 fully saturated rings. The molecule has 0 spiro atoms. The highest BCUT2D eigenvalue weighted by atomic mass is 16.1. The van der Waals surface area contributed by atoms with E-state index in [-0.39, 0.29) is 5.91 Å². The third-order valence-corrected chi connectivity index (χ3v) is 4.24. The topological polar surface area (TPSA) is 46.3 Å². The maximum Gasteiger partial charge on any atom is 0.219 e. The molecule has 2 N–H and O–H groups in total. The number of aryl methyl sites for hydroxylation is 1. The van der Waals surface area contributed by atoms with Crippen LogP contribution in [0.25, 0.3) is 10.8 Å². The molecule has 1 amide bonds. The van der Waals surface area contributed by atoms with Crippen molar-refractivity contribution >= 4 is 22.4 Å². The van der Waals surface area contributed by atoms with Crippen molar-refractivity contribution in [1.82, 2.24) is 0 Å².